The summed E-state index contributed by atoms with van der Waals surface area (Å²) < 4.78 is 26.6. The van der Waals surface area contributed by atoms with E-state index in [9.17, 15) is 19.5 Å². The van der Waals surface area contributed by atoms with Gasteiger partial charge in [0.1, 0.15) is 19.8 Å². The number of esters is 1. The zero-order valence-corrected chi connectivity index (χ0v) is 20.7. The Hall–Kier alpha value is -3.95. The van der Waals surface area contributed by atoms with Crippen LogP contribution in [0.1, 0.15) is 42.3 Å². The fraction of sp³-hybridized carbons (Fsp3) is 0.400. The largest absolute Gasteiger partial charge is 0.493 e. The second kappa shape index (κ2) is 12.0. The van der Waals surface area contributed by atoms with Crippen molar-refractivity contribution in [2.75, 3.05) is 27.9 Å². The molecule has 190 valence electrons. The monoisotopic (exact) mass is 489 g/mol. The van der Waals surface area contributed by atoms with Crippen LogP contribution in [-0.4, -0.2) is 61.5 Å². The molecule has 0 aliphatic rings. The number of ether oxygens (including phenoxy) is 5. The van der Waals surface area contributed by atoms with Crippen LogP contribution in [0.5, 0.6) is 17.2 Å². The summed E-state index contributed by atoms with van der Waals surface area (Å²) in [4.78, 5) is 38.5. The summed E-state index contributed by atoms with van der Waals surface area (Å²) in [7, 11) is 4.07. The van der Waals surface area contributed by atoms with E-state index in [0.717, 1.165) is 5.56 Å². The van der Waals surface area contributed by atoms with Gasteiger partial charge < -0.3 is 28.8 Å². The highest BCUT2D eigenvalue weighted by molar-refractivity contribution is 5.92. The quantitative estimate of drug-likeness (QED) is 0.495. The minimum absolute atomic E-state index is 0.0571. The molecule has 0 fully saturated rings. The lowest BCUT2D eigenvalue weighted by Gasteiger charge is -2.34. The lowest BCUT2D eigenvalue weighted by molar-refractivity contribution is -0.147. The van der Waals surface area contributed by atoms with Crippen molar-refractivity contribution in [2.45, 2.75) is 39.5 Å². The smallest absolute Gasteiger partial charge is 0.411 e. The Morgan fingerprint density at radius 3 is 2.03 bits per heavy atom. The predicted octanol–water partition coefficient (Wildman–Crippen LogP) is 3.89. The number of carbonyl (C=O) groups excluding carboxylic acids is 2. The maximum absolute atomic E-state index is 13.0. The number of carboxylic acid groups (broad SMARTS) is 1. The summed E-state index contributed by atoms with van der Waals surface area (Å²) in [6, 6.07) is 10.4. The lowest BCUT2D eigenvalue weighted by Crippen LogP contribution is -2.48. The molecule has 10 nitrogen and oxygen atoms in total. The second-order valence-corrected chi connectivity index (χ2v) is 8.43. The number of nitrogens with zero attached hydrogens (tertiary/aromatic N) is 1. The fourth-order valence-electron chi connectivity index (χ4n) is 3.25. The van der Waals surface area contributed by atoms with Crippen molar-refractivity contribution in [2.24, 2.45) is 0 Å². The van der Waals surface area contributed by atoms with Gasteiger partial charge in [0, 0.05) is 5.54 Å². The normalized spacial score (nSPS) is 10.8. The van der Waals surface area contributed by atoms with Crippen LogP contribution in [0.3, 0.4) is 0 Å². The molecule has 0 radical (unpaired) electrons. The highest BCUT2D eigenvalue weighted by atomic mass is 16.6. The fourth-order valence-corrected chi connectivity index (χ4v) is 3.25. The van der Waals surface area contributed by atoms with E-state index >= 15 is 0 Å². The molecule has 0 aromatic heterocycles. The zero-order chi connectivity index (χ0) is 26.2. The predicted molar refractivity (Wildman–Crippen MR) is 126 cm³/mol. The molecule has 0 unspecified atom stereocenters. The zero-order valence-electron chi connectivity index (χ0n) is 20.7. The van der Waals surface area contributed by atoms with Crippen LogP contribution in [0.2, 0.25) is 0 Å². The van der Waals surface area contributed by atoms with Gasteiger partial charge in [0.15, 0.2) is 11.5 Å². The Morgan fingerprint density at radius 2 is 1.51 bits per heavy atom. The van der Waals surface area contributed by atoms with Gasteiger partial charge in [-0.2, -0.15) is 0 Å². The molecule has 35 heavy (non-hydrogen) atoms. The van der Waals surface area contributed by atoms with E-state index in [1.165, 1.54) is 32.3 Å². The van der Waals surface area contributed by atoms with E-state index in [1.807, 2.05) is 30.3 Å². The van der Waals surface area contributed by atoms with Crippen LogP contribution in [0, 0.1) is 0 Å². The average Bonchev–Trinajstić information content (AvgIpc) is 2.83. The lowest BCUT2D eigenvalue weighted by atomic mass is 10.0. The van der Waals surface area contributed by atoms with E-state index in [2.05, 4.69) is 0 Å². The van der Waals surface area contributed by atoms with Gasteiger partial charge in [-0.15, -0.1) is 0 Å². The van der Waals surface area contributed by atoms with E-state index in [1.54, 1.807) is 20.8 Å². The number of carboxylic acids is 1. The molecule has 0 spiro atoms. The summed E-state index contributed by atoms with van der Waals surface area (Å²) >= 11 is 0. The van der Waals surface area contributed by atoms with Crippen molar-refractivity contribution < 1.29 is 43.2 Å². The number of hydrogen-bond acceptors (Lipinski definition) is 8. The second-order valence-electron chi connectivity index (χ2n) is 8.43. The van der Waals surface area contributed by atoms with E-state index in [4.69, 9.17) is 23.7 Å². The van der Waals surface area contributed by atoms with Gasteiger partial charge in [-0.1, -0.05) is 30.3 Å². The Morgan fingerprint density at radius 1 is 0.886 bits per heavy atom. The van der Waals surface area contributed by atoms with Crippen molar-refractivity contribution in [3.8, 4) is 17.2 Å². The van der Waals surface area contributed by atoms with E-state index < -0.39 is 30.2 Å². The maximum atomic E-state index is 13.0. The SMILES string of the molecule is COc1cc(C(=O)O)c(COC(=O)N(CC(=O)OCc2ccccc2)C(C)(C)C)c(OC)c1OC. The summed E-state index contributed by atoms with van der Waals surface area (Å²) in [5.41, 5.74) is -0.0870. The molecular formula is C25H31NO9. The third-order valence-corrected chi connectivity index (χ3v) is 5.06. The van der Waals surface area contributed by atoms with Crippen molar-refractivity contribution in [1.29, 1.82) is 0 Å². The molecule has 0 bridgehead atoms. The molecule has 1 N–H and O–H groups in total. The summed E-state index contributed by atoms with van der Waals surface area (Å²) in [5, 5.41) is 9.68. The molecule has 2 rings (SSSR count). The average molecular weight is 490 g/mol. The standard InChI is InChI=1S/C25H31NO9/c1-25(2,3)26(13-20(27)34-14-16-10-8-7-9-11-16)24(30)35-15-18-17(23(28)29)12-19(31-4)22(33-6)21(18)32-5/h7-12H,13-15H2,1-6H3,(H,28,29). The number of hydrogen-bond donors (Lipinski definition) is 1. The number of benzene rings is 2. The van der Waals surface area contributed by atoms with E-state index in [-0.39, 0.29) is 41.5 Å². The van der Waals surface area contributed by atoms with Gasteiger partial charge in [-0.05, 0) is 32.4 Å². The first-order valence-corrected chi connectivity index (χ1v) is 10.7. The molecule has 0 saturated carbocycles. The number of amides is 1. The van der Waals surface area contributed by atoms with Crippen molar-refractivity contribution in [1.82, 2.24) is 4.90 Å². The third-order valence-electron chi connectivity index (χ3n) is 5.06. The molecule has 10 heteroatoms. The Bertz CT molecular complexity index is 1050. The van der Waals surface area contributed by atoms with Gasteiger partial charge in [0.2, 0.25) is 5.75 Å². The highest BCUT2D eigenvalue weighted by Gasteiger charge is 2.32. The molecule has 1 amide bonds. The Kier molecular flexibility index (Phi) is 9.33. The van der Waals surface area contributed by atoms with Crippen LogP contribution in [0.25, 0.3) is 0 Å². The van der Waals surface area contributed by atoms with Gasteiger partial charge >= 0.3 is 18.0 Å². The van der Waals surface area contributed by atoms with Crippen LogP contribution in [-0.2, 0) is 27.5 Å². The van der Waals surface area contributed by atoms with Gasteiger partial charge in [-0.25, -0.2) is 9.59 Å². The number of aromatic carboxylic acids is 1. The van der Waals surface area contributed by atoms with Crippen LogP contribution in [0.15, 0.2) is 36.4 Å². The first-order valence-electron chi connectivity index (χ1n) is 10.7. The highest BCUT2D eigenvalue weighted by Crippen LogP contribution is 2.42. The number of carbonyl (C=O) groups is 3. The van der Waals surface area contributed by atoms with Crippen molar-refractivity contribution in [3.05, 3.63) is 53.1 Å². The molecular weight excluding hydrogens is 458 g/mol. The first kappa shape index (κ1) is 27.3. The topological polar surface area (TPSA) is 121 Å². The minimum atomic E-state index is -1.27. The van der Waals surface area contributed by atoms with Crippen LogP contribution in [0.4, 0.5) is 4.79 Å². The van der Waals surface area contributed by atoms with Gasteiger partial charge in [0.25, 0.3) is 0 Å². The van der Waals surface area contributed by atoms with Crippen molar-refractivity contribution >= 4 is 18.0 Å². The Labute approximate surface area is 204 Å². The maximum Gasteiger partial charge on any atom is 0.411 e. The Balaban J connectivity index is 2.22. The summed E-state index contributed by atoms with van der Waals surface area (Å²) in [5.74, 6) is -1.53. The molecule has 0 saturated heterocycles. The molecule has 0 aliphatic heterocycles. The van der Waals surface area contributed by atoms with Gasteiger partial charge in [-0.3, -0.25) is 9.69 Å². The van der Waals surface area contributed by atoms with Gasteiger partial charge in [0.05, 0.1) is 32.5 Å². The number of rotatable bonds is 10. The first-order chi connectivity index (χ1) is 16.5. The minimum Gasteiger partial charge on any atom is -0.493 e. The molecule has 0 aliphatic carbocycles. The summed E-state index contributed by atoms with van der Waals surface area (Å²) in [6.07, 6.45) is -0.831. The summed E-state index contributed by atoms with van der Waals surface area (Å²) in [6.45, 7) is 4.46. The van der Waals surface area contributed by atoms with Crippen LogP contribution < -0.4 is 14.2 Å². The van der Waals surface area contributed by atoms with E-state index in [0.29, 0.717) is 0 Å². The van der Waals surface area contributed by atoms with Crippen LogP contribution >= 0.6 is 0 Å². The number of methoxy groups -OCH3 is 3. The third kappa shape index (κ3) is 7.02. The molecule has 0 heterocycles. The molecule has 2 aromatic rings. The van der Waals surface area contributed by atoms with Crippen molar-refractivity contribution in [3.63, 3.8) is 0 Å². The molecule has 0 atom stereocenters. The molecule has 2 aromatic carbocycles.